The van der Waals surface area contributed by atoms with Crippen LogP contribution in [0, 0.1) is 5.92 Å². The van der Waals surface area contributed by atoms with Gasteiger partial charge in [0, 0.05) is 12.2 Å². The van der Waals surface area contributed by atoms with Gasteiger partial charge in [-0.1, -0.05) is 26.0 Å². The number of hydrogen-bond donors (Lipinski definition) is 1. The number of rotatable bonds is 6. The molecule has 1 aromatic heterocycles. The van der Waals surface area contributed by atoms with Crippen molar-refractivity contribution in [1.29, 1.82) is 0 Å². The minimum absolute atomic E-state index is 0.283. The van der Waals surface area contributed by atoms with Crippen LogP contribution in [0.15, 0.2) is 24.3 Å². The third-order valence-electron chi connectivity index (χ3n) is 2.51. The number of nitrogens with zero attached hydrogens (tertiary/aromatic N) is 1. The van der Waals surface area contributed by atoms with Crippen LogP contribution in [0.4, 0.5) is 0 Å². The zero-order chi connectivity index (χ0) is 13.0. The molecule has 18 heavy (non-hydrogen) atoms. The molecule has 1 N–H and O–H groups in total. The number of thioether (sulfide) groups is 1. The summed E-state index contributed by atoms with van der Waals surface area (Å²) in [6, 6.07) is 8.13. The number of fused-ring (bicyclic) bond motifs is 1. The van der Waals surface area contributed by atoms with E-state index in [0.29, 0.717) is 12.3 Å². The Morgan fingerprint density at radius 3 is 2.78 bits per heavy atom. The van der Waals surface area contributed by atoms with Crippen LogP contribution >= 0.6 is 23.1 Å². The van der Waals surface area contributed by atoms with Gasteiger partial charge in [0.05, 0.1) is 21.3 Å². The predicted octanol–water partition coefficient (Wildman–Crippen LogP) is 3.59. The van der Waals surface area contributed by atoms with Crippen molar-refractivity contribution in [2.45, 2.75) is 26.4 Å². The Labute approximate surface area is 116 Å². The molecule has 1 aromatic carbocycles. The molecular formula is C14H19NOS2. The van der Waals surface area contributed by atoms with Gasteiger partial charge in [-0.05, 0) is 23.8 Å². The van der Waals surface area contributed by atoms with E-state index in [1.807, 2.05) is 30.0 Å². The number of thiazole rings is 1. The smallest absolute Gasteiger partial charge is 0.0964 e. The summed E-state index contributed by atoms with van der Waals surface area (Å²) in [4.78, 5) is 4.55. The van der Waals surface area contributed by atoms with Gasteiger partial charge in [0.2, 0.25) is 0 Å². The largest absolute Gasteiger partial charge is 0.392 e. The van der Waals surface area contributed by atoms with Crippen molar-refractivity contribution >= 4 is 33.3 Å². The van der Waals surface area contributed by atoms with Crippen molar-refractivity contribution in [2.24, 2.45) is 5.92 Å². The van der Waals surface area contributed by atoms with Crippen molar-refractivity contribution in [3.05, 3.63) is 29.3 Å². The van der Waals surface area contributed by atoms with Gasteiger partial charge >= 0.3 is 0 Å². The van der Waals surface area contributed by atoms with E-state index in [1.165, 1.54) is 4.70 Å². The summed E-state index contributed by atoms with van der Waals surface area (Å²) in [6.07, 6.45) is 0.388. The Morgan fingerprint density at radius 2 is 2.06 bits per heavy atom. The fourth-order valence-corrected chi connectivity index (χ4v) is 3.74. The summed E-state index contributed by atoms with van der Waals surface area (Å²) < 4.78 is 1.20. The Hall–Kier alpha value is -0.580. The Kier molecular flexibility index (Phi) is 5.03. The van der Waals surface area contributed by atoms with Gasteiger partial charge in [-0.3, -0.25) is 0 Å². The molecule has 0 saturated heterocycles. The average Bonchev–Trinajstić information content (AvgIpc) is 2.70. The first kappa shape index (κ1) is 13.8. The SMILES string of the molecule is CC(C)CSCC(O)Cc1nc2ccccc2s1. The molecule has 2 nitrogen and oxygen atoms in total. The third-order valence-corrected chi connectivity index (χ3v) is 5.09. The van der Waals surface area contributed by atoms with Gasteiger partial charge in [-0.25, -0.2) is 4.98 Å². The van der Waals surface area contributed by atoms with Crippen LogP contribution in [-0.4, -0.2) is 27.7 Å². The van der Waals surface area contributed by atoms with Crippen LogP contribution in [0.5, 0.6) is 0 Å². The van der Waals surface area contributed by atoms with E-state index >= 15 is 0 Å². The van der Waals surface area contributed by atoms with Gasteiger partial charge in [-0.2, -0.15) is 11.8 Å². The van der Waals surface area contributed by atoms with Gasteiger partial charge in [-0.15, -0.1) is 11.3 Å². The van der Waals surface area contributed by atoms with Crippen molar-refractivity contribution in [3.8, 4) is 0 Å². The van der Waals surface area contributed by atoms with Crippen molar-refractivity contribution in [1.82, 2.24) is 4.98 Å². The van der Waals surface area contributed by atoms with Crippen LogP contribution < -0.4 is 0 Å². The second-order valence-electron chi connectivity index (χ2n) is 4.86. The molecule has 0 fully saturated rings. The Balaban J connectivity index is 1.88. The normalized spacial score (nSPS) is 13.3. The Morgan fingerprint density at radius 1 is 1.28 bits per heavy atom. The molecule has 1 unspecified atom stereocenters. The van der Waals surface area contributed by atoms with Gasteiger partial charge in [0.1, 0.15) is 0 Å². The van der Waals surface area contributed by atoms with E-state index in [9.17, 15) is 5.11 Å². The fraction of sp³-hybridized carbons (Fsp3) is 0.500. The molecule has 98 valence electrons. The van der Waals surface area contributed by atoms with E-state index in [1.54, 1.807) is 11.3 Å². The predicted molar refractivity (Wildman–Crippen MR) is 81.5 cm³/mol. The molecule has 0 aliphatic carbocycles. The van der Waals surface area contributed by atoms with E-state index in [2.05, 4.69) is 24.9 Å². The standard InChI is InChI=1S/C14H19NOS2/c1-10(2)8-17-9-11(16)7-14-15-12-5-3-4-6-13(12)18-14/h3-6,10-11,16H,7-9H2,1-2H3. The quantitative estimate of drug-likeness (QED) is 0.878. The van der Waals surface area contributed by atoms with Crippen molar-refractivity contribution < 1.29 is 5.11 Å². The molecule has 1 atom stereocenters. The zero-order valence-electron chi connectivity index (χ0n) is 10.8. The minimum atomic E-state index is -0.283. The number of aliphatic hydroxyl groups is 1. The average molecular weight is 281 g/mol. The highest BCUT2D eigenvalue weighted by Crippen LogP contribution is 2.23. The highest BCUT2D eigenvalue weighted by atomic mass is 32.2. The van der Waals surface area contributed by atoms with Gasteiger partial charge < -0.3 is 5.11 Å². The van der Waals surface area contributed by atoms with E-state index in [4.69, 9.17) is 0 Å². The lowest BCUT2D eigenvalue weighted by Gasteiger charge is -2.09. The summed E-state index contributed by atoms with van der Waals surface area (Å²) in [7, 11) is 0. The van der Waals surface area contributed by atoms with E-state index in [-0.39, 0.29) is 6.10 Å². The van der Waals surface area contributed by atoms with E-state index < -0.39 is 0 Å². The maximum absolute atomic E-state index is 9.99. The molecule has 0 amide bonds. The number of para-hydroxylation sites is 1. The van der Waals surface area contributed by atoms with Gasteiger partial charge in [0.25, 0.3) is 0 Å². The number of hydrogen-bond acceptors (Lipinski definition) is 4. The molecule has 0 spiro atoms. The van der Waals surface area contributed by atoms with Crippen LogP contribution in [0.1, 0.15) is 18.9 Å². The molecule has 0 aliphatic heterocycles. The zero-order valence-corrected chi connectivity index (χ0v) is 12.4. The molecule has 1 heterocycles. The summed E-state index contributed by atoms with van der Waals surface area (Å²) in [5.41, 5.74) is 1.04. The topological polar surface area (TPSA) is 33.1 Å². The summed E-state index contributed by atoms with van der Waals surface area (Å²) >= 11 is 3.51. The summed E-state index contributed by atoms with van der Waals surface area (Å²) in [5.74, 6) is 2.59. The summed E-state index contributed by atoms with van der Waals surface area (Å²) in [5, 5.41) is 11.0. The Bertz CT molecular complexity index is 462. The third kappa shape index (κ3) is 3.97. The maximum atomic E-state index is 9.99. The molecular weight excluding hydrogens is 262 g/mol. The van der Waals surface area contributed by atoms with Crippen LogP contribution in [0.2, 0.25) is 0 Å². The molecule has 2 rings (SSSR count). The molecule has 2 aromatic rings. The number of aromatic nitrogens is 1. The first-order valence-electron chi connectivity index (χ1n) is 6.25. The lowest BCUT2D eigenvalue weighted by atomic mass is 10.3. The maximum Gasteiger partial charge on any atom is 0.0964 e. The minimum Gasteiger partial charge on any atom is -0.392 e. The van der Waals surface area contributed by atoms with Crippen molar-refractivity contribution in [2.75, 3.05) is 11.5 Å². The number of benzene rings is 1. The molecule has 4 heteroatoms. The first-order valence-corrected chi connectivity index (χ1v) is 8.22. The monoisotopic (exact) mass is 281 g/mol. The summed E-state index contributed by atoms with van der Waals surface area (Å²) in [6.45, 7) is 4.40. The molecule has 0 bridgehead atoms. The lowest BCUT2D eigenvalue weighted by Crippen LogP contribution is -2.14. The van der Waals surface area contributed by atoms with Crippen molar-refractivity contribution in [3.63, 3.8) is 0 Å². The highest BCUT2D eigenvalue weighted by molar-refractivity contribution is 7.99. The van der Waals surface area contributed by atoms with Crippen LogP contribution in [0.25, 0.3) is 10.2 Å². The molecule has 0 saturated carbocycles. The second-order valence-corrected chi connectivity index (χ2v) is 7.05. The van der Waals surface area contributed by atoms with Crippen LogP contribution in [0.3, 0.4) is 0 Å². The second kappa shape index (κ2) is 6.55. The van der Waals surface area contributed by atoms with Gasteiger partial charge in [0.15, 0.2) is 0 Å². The molecule has 0 aliphatic rings. The first-order chi connectivity index (χ1) is 8.65. The molecule has 0 radical (unpaired) electrons. The highest BCUT2D eigenvalue weighted by Gasteiger charge is 2.10. The van der Waals surface area contributed by atoms with Crippen LogP contribution in [-0.2, 0) is 6.42 Å². The van der Waals surface area contributed by atoms with E-state index in [0.717, 1.165) is 22.0 Å². The lowest BCUT2D eigenvalue weighted by molar-refractivity contribution is 0.200. The number of aliphatic hydroxyl groups excluding tert-OH is 1. The fourth-order valence-electron chi connectivity index (χ4n) is 1.71.